The van der Waals surface area contributed by atoms with Gasteiger partial charge in [0.2, 0.25) is 5.91 Å². The zero-order chi connectivity index (χ0) is 15.5. The van der Waals surface area contributed by atoms with Crippen molar-refractivity contribution in [2.75, 3.05) is 11.9 Å². The molecule has 116 valence electrons. The third kappa shape index (κ3) is 2.76. The van der Waals surface area contributed by atoms with E-state index in [4.69, 9.17) is 5.73 Å². The number of benzene rings is 1. The molecule has 0 spiro atoms. The SMILES string of the molecule is Cc1ccccc1-n1nccc1NC(=O)[C@@H]1CCC[C@@H]1CN. The highest BCUT2D eigenvalue weighted by molar-refractivity contribution is 5.92. The van der Waals surface area contributed by atoms with E-state index in [1.807, 2.05) is 37.3 Å². The lowest BCUT2D eigenvalue weighted by Gasteiger charge is -2.18. The lowest BCUT2D eigenvalue weighted by atomic mass is 9.95. The fourth-order valence-corrected chi connectivity index (χ4v) is 3.27. The molecule has 1 aliphatic rings. The number of nitrogens with zero attached hydrogens (tertiary/aromatic N) is 2. The van der Waals surface area contributed by atoms with Crippen LogP contribution in [0.1, 0.15) is 24.8 Å². The summed E-state index contributed by atoms with van der Waals surface area (Å²) in [5.74, 6) is 1.09. The van der Waals surface area contributed by atoms with Crippen molar-refractivity contribution in [3.05, 3.63) is 42.1 Å². The van der Waals surface area contributed by atoms with Crippen LogP contribution in [0.3, 0.4) is 0 Å². The first-order valence-corrected chi connectivity index (χ1v) is 7.81. The van der Waals surface area contributed by atoms with Crippen LogP contribution >= 0.6 is 0 Å². The first-order valence-electron chi connectivity index (χ1n) is 7.81. The van der Waals surface area contributed by atoms with Gasteiger partial charge < -0.3 is 11.1 Å². The number of para-hydroxylation sites is 1. The number of nitrogens with two attached hydrogens (primary N) is 1. The number of amides is 1. The average Bonchev–Trinajstić information content (AvgIpc) is 3.16. The van der Waals surface area contributed by atoms with Crippen molar-refractivity contribution in [3.8, 4) is 5.69 Å². The van der Waals surface area contributed by atoms with Crippen LogP contribution in [-0.4, -0.2) is 22.2 Å². The molecule has 1 aliphatic carbocycles. The summed E-state index contributed by atoms with van der Waals surface area (Å²) in [7, 11) is 0. The van der Waals surface area contributed by atoms with E-state index in [1.54, 1.807) is 10.9 Å². The van der Waals surface area contributed by atoms with Gasteiger partial charge in [-0.1, -0.05) is 24.6 Å². The van der Waals surface area contributed by atoms with E-state index in [0.717, 1.165) is 30.5 Å². The van der Waals surface area contributed by atoms with Crippen LogP contribution in [0.2, 0.25) is 0 Å². The molecule has 0 bridgehead atoms. The van der Waals surface area contributed by atoms with Gasteiger partial charge in [-0.15, -0.1) is 0 Å². The maximum absolute atomic E-state index is 12.5. The van der Waals surface area contributed by atoms with Crippen LogP contribution in [0.4, 0.5) is 5.82 Å². The molecule has 3 N–H and O–H groups in total. The number of hydrogen-bond donors (Lipinski definition) is 2. The Bertz CT molecular complexity index is 664. The quantitative estimate of drug-likeness (QED) is 0.911. The van der Waals surface area contributed by atoms with Crippen molar-refractivity contribution in [1.82, 2.24) is 9.78 Å². The third-order valence-electron chi connectivity index (χ3n) is 4.54. The molecule has 3 rings (SSSR count). The molecule has 2 aromatic rings. The van der Waals surface area contributed by atoms with E-state index in [2.05, 4.69) is 10.4 Å². The van der Waals surface area contributed by atoms with Gasteiger partial charge in [0.05, 0.1) is 11.9 Å². The van der Waals surface area contributed by atoms with Gasteiger partial charge >= 0.3 is 0 Å². The van der Waals surface area contributed by atoms with Gasteiger partial charge in [0, 0.05) is 12.0 Å². The summed E-state index contributed by atoms with van der Waals surface area (Å²) in [4.78, 5) is 12.5. The Hall–Kier alpha value is -2.14. The summed E-state index contributed by atoms with van der Waals surface area (Å²) in [5.41, 5.74) is 7.87. The Balaban J connectivity index is 1.81. The Morgan fingerprint density at radius 2 is 2.18 bits per heavy atom. The Morgan fingerprint density at radius 1 is 1.36 bits per heavy atom. The Morgan fingerprint density at radius 3 is 2.95 bits per heavy atom. The summed E-state index contributed by atoms with van der Waals surface area (Å²) < 4.78 is 1.78. The lowest BCUT2D eigenvalue weighted by molar-refractivity contribution is -0.120. The minimum atomic E-state index is 0.0187. The molecular weight excluding hydrogens is 276 g/mol. The molecule has 1 heterocycles. The van der Waals surface area contributed by atoms with E-state index >= 15 is 0 Å². The van der Waals surface area contributed by atoms with Crippen LogP contribution in [0, 0.1) is 18.8 Å². The first kappa shape index (κ1) is 14.8. The Labute approximate surface area is 130 Å². The Kier molecular flexibility index (Phi) is 4.24. The van der Waals surface area contributed by atoms with Crippen molar-refractivity contribution < 1.29 is 4.79 Å². The lowest BCUT2D eigenvalue weighted by Crippen LogP contribution is -2.30. The van der Waals surface area contributed by atoms with Crippen molar-refractivity contribution in [1.29, 1.82) is 0 Å². The third-order valence-corrected chi connectivity index (χ3v) is 4.54. The number of carbonyl (C=O) groups excluding carboxylic acids is 1. The average molecular weight is 298 g/mol. The highest BCUT2D eigenvalue weighted by Gasteiger charge is 2.32. The van der Waals surface area contributed by atoms with Gasteiger partial charge in [0.25, 0.3) is 0 Å². The van der Waals surface area contributed by atoms with Crippen molar-refractivity contribution in [2.24, 2.45) is 17.6 Å². The predicted molar refractivity (Wildman–Crippen MR) is 86.8 cm³/mol. The molecule has 1 amide bonds. The monoisotopic (exact) mass is 298 g/mol. The highest BCUT2D eigenvalue weighted by Crippen LogP contribution is 2.32. The summed E-state index contributed by atoms with van der Waals surface area (Å²) >= 11 is 0. The molecule has 0 radical (unpaired) electrons. The number of anilines is 1. The molecule has 0 saturated heterocycles. The van der Waals surface area contributed by atoms with Gasteiger partial charge in [0.1, 0.15) is 5.82 Å². The van der Waals surface area contributed by atoms with Crippen LogP contribution in [0.5, 0.6) is 0 Å². The maximum Gasteiger partial charge on any atom is 0.228 e. The van der Waals surface area contributed by atoms with Crippen molar-refractivity contribution in [2.45, 2.75) is 26.2 Å². The van der Waals surface area contributed by atoms with Gasteiger partial charge in [-0.25, -0.2) is 4.68 Å². The minimum absolute atomic E-state index is 0.0187. The number of aryl methyl sites for hydroxylation is 1. The van der Waals surface area contributed by atoms with Gasteiger partial charge in [-0.2, -0.15) is 5.10 Å². The molecule has 1 aromatic carbocycles. The first-order chi connectivity index (χ1) is 10.7. The number of carbonyl (C=O) groups is 1. The van der Waals surface area contributed by atoms with Crippen LogP contribution in [0.15, 0.2) is 36.5 Å². The summed E-state index contributed by atoms with van der Waals surface area (Å²) in [5, 5.41) is 7.37. The second-order valence-electron chi connectivity index (χ2n) is 5.94. The number of hydrogen-bond acceptors (Lipinski definition) is 3. The van der Waals surface area contributed by atoms with E-state index < -0.39 is 0 Å². The molecule has 1 saturated carbocycles. The zero-order valence-corrected chi connectivity index (χ0v) is 12.8. The fourth-order valence-electron chi connectivity index (χ4n) is 3.27. The van der Waals surface area contributed by atoms with Crippen LogP contribution in [0.25, 0.3) is 5.69 Å². The second kappa shape index (κ2) is 6.32. The topological polar surface area (TPSA) is 72.9 Å². The summed E-state index contributed by atoms with van der Waals surface area (Å²) in [6.45, 7) is 2.61. The smallest absolute Gasteiger partial charge is 0.228 e. The summed E-state index contributed by atoms with van der Waals surface area (Å²) in [6, 6.07) is 9.82. The molecule has 1 fully saturated rings. The number of rotatable bonds is 4. The normalized spacial score (nSPS) is 21.0. The van der Waals surface area contributed by atoms with E-state index in [1.165, 1.54) is 0 Å². The van der Waals surface area contributed by atoms with E-state index in [9.17, 15) is 4.79 Å². The largest absolute Gasteiger partial charge is 0.330 e. The van der Waals surface area contributed by atoms with Gasteiger partial charge in [0.15, 0.2) is 0 Å². The van der Waals surface area contributed by atoms with Crippen molar-refractivity contribution in [3.63, 3.8) is 0 Å². The molecule has 2 atom stereocenters. The molecular formula is C17H22N4O. The number of nitrogens with one attached hydrogen (secondary N) is 1. The predicted octanol–water partition coefficient (Wildman–Crippen LogP) is 2.49. The van der Waals surface area contributed by atoms with E-state index in [0.29, 0.717) is 18.3 Å². The molecule has 0 aliphatic heterocycles. The van der Waals surface area contributed by atoms with Crippen LogP contribution < -0.4 is 11.1 Å². The van der Waals surface area contributed by atoms with Gasteiger partial charge in [-0.3, -0.25) is 4.79 Å². The zero-order valence-electron chi connectivity index (χ0n) is 12.8. The molecule has 1 aromatic heterocycles. The number of aromatic nitrogens is 2. The molecule has 0 unspecified atom stereocenters. The van der Waals surface area contributed by atoms with Crippen LogP contribution in [-0.2, 0) is 4.79 Å². The van der Waals surface area contributed by atoms with E-state index in [-0.39, 0.29) is 11.8 Å². The standard InChI is InChI=1S/C17H22N4O/c1-12-5-2-3-8-15(12)21-16(9-10-19-21)20-17(22)14-7-4-6-13(14)11-18/h2-3,5,8-10,13-14H,4,6-7,11,18H2,1H3,(H,20,22)/t13-,14-/m1/s1. The minimum Gasteiger partial charge on any atom is -0.330 e. The van der Waals surface area contributed by atoms with Gasteiger partial charge in [-0.05, 0) is 43.9 Å². The van der Waals surface area contributed by atoms with Crippen molar-refractivity contribution >= 4 is 11.7 Å². The molecule has 22 heavy (non-hydrogen) atoms. The molecule has 5 nitrogen and oxygen atoms in total. The molecule has 5 heteroatoms. The maximum atomic E-state index is 12.5. The fraction of sp³-hybridized carbons (Fsp3) is 0.412. The highest BCUT2D eigenvalue weighted by atomic mass is 16.2. The second-order valence-corrected chi connectivity index (χ2v) is 5.94. The summed E-state index contributed by atoms with van der Waals surface area (Å²) in [6.07, 6.45) is 4.76.